The highest BCUT2D eigenvalue weighted by molar-refractivity contribution is 5.84. The highest BCUT2D eigenvalue weighted by atomic mass is 16.5. The second-order valence-electron chi connectivity index (χ2n) is 4.38. The number of hydrogen-bond acceptors (Lipinski definition) is 4. The molecule has 0 aliphatic heterocycles. The van der Waals surface area contributed by atoms with E-state index in [1.54, 1.807) is 18.2 Å². The van der Waals surface area contributed by atoms with Crippen molar-refractivity contribution < 1.29 is 24.2 Å². The number of rotatable bonds is 8. The molecule has 0 saturated heterocycles. The maximum Gasteiger partial charge on any atom is 0.303 e. The SMILES string of the molecule is C=CCc1ccccc1OCC(=O)NNC(=O)CCC(=O)O. The minimum atomic E-state index is -1.08. The number of nitrogens with one attached hydrogen (secondary N) is 2. The standard InChI is InChI=1S/C15H18N2O5/c1-2-5-11-6-3-4-7-12(11)22-10-14(19)17-16-13(18)8-9-15(20)21/h2-4,6-7H,1,5,8-10H2,(H,16,18)(H,17,19)(H,20,21). The van der Waals surface area contributed by atoms with Gasteiger partial charge >= 0.3 is 5.97 Å². The average molecular weight is 306 g/mol. The van der Waals surface area contributed by atoms with Crippen LogP contribution < -0.4 is 15.6 Å². The zero-order valence-electron chi connectivity index (χ0n) is 12.0. The molecule has 1 aromatic carbocycles. The zero-order valence-corrected chi connectivity index (χ0v) is 12.0. The first-order valence-electron chi connectivity index (χ1n) is 6.64. The molecule has 7 heteroatoms. The predicted octanol–water partition coefficient (Wildman–Crippen LogP) is 0.806. The summed E-state index contributed by atoms with van der Waals surface area (Å²) in [6.07, 6.45) is 1.83. The van der Waals surface area contributed by atoms with Crippen molar-refractivity contribution in [3.8, 4) is 5.75 Å². The molecule has 0 atom stereocenters. The zero-order chi connectivity index (χ0) is 16.4. The molecular weight excluding hydrogens is 288 g/mol. The molecule has 1 rings (SSSR count). The lowest BCUT2D eigenvalue weighted by molar-refractivity contribution is -0.139. The summed E-state index contributed by atoms with van der Waals surface area (Å²) < 4.78 is 5.38. The Morgan fingerprint density at radius 1 is 1.14 bits per heavy atom. The number of allylic oxidation sites excluding steroid dienone is 1. The first-order chi connectivity index (χ1) is 10.5. The van der Waals surface area contributed by atoms with Crippen LogP contribution in [0.25, 0.3) is 0 Å². The van der Waals surface area contributed by atoms with E-state index in [0.29, 0.717) is 12.2 Å². The molecule has 0 aliphatic rings. The summed E-state index contributed by atoms with van der Waals surface area (Å²) >= 11 is 0. The molecule has 22 heavy (non-hydrogen) atoms. The summed E-state index contributed by atoms with van der Waals surface area (Å²) in [7, 11) is 0. The van der Waals surface area contributed by atoms with Crippen molar-refractivity contribution in [3.05, 3.63) is 42.5 Å². The van der Waals surface area contributed by atoms with Crippen molar-refractivity contribution in [2.45, 2.75) is 19.3 Å². The normalized spacial score (nSPS) is 9.64. The largest absolute Gasteiger partial charge is 0.483 e. The molecule has 7 nitrogen and oxygen atoms in total. The van der Waals surface area contributed by atoms with Crippen LogP contribution in [0.2, 0.25) is 0 Å². The number of benzene rings is 1. The van der Waals surface area contributed by atoms with E-state index in [0.717, 1.165) is 5.56 Å². The van der Waals surface area contributed by atoms with Gasteiger partial charge in [0.15, 0.2) is 6.61 Å². The van der Waals surface area contributed by atoms with E-state index in [1.807, 2.05) is 12.1 Å². The summed E-state index contributed by atoms with van der Waals surface area (Å²) in [6.45, 7) is 3.38. The molecule has 0 saturated carbocycles. The number of carbonyl (C=O) groups excluding carboxylic acids is 2. The number of carbonyl (C=O) groups is 3. The Morgan fingerprint density at radius 3 is 2.50 bits per heavy atom. The number of carboxylic acids is 1. The van der Waals surface area contributed by atoms with Crippen LogP contribution >= 0.6 is 0 Å². The van der Waals surface area contributed by atoms with Gasteiger partial charge in [0.25, 0.3) is 5.91 Å². The number of aliphatic carboxylic acids is 1. The number of para-hydroxylation sites is 1. The summed E-state index contributed by atoms with van der Waals surface area (Å²) in [4.78, 5) is 33.1. The Labute approximate surface area is 127 Å². The Hall–Kier alpha value is -2.83. The molecule has 0 aliphatic carbocycles. The van der Waals surface area contributed by atoms with Gasteiger partial charge in [-0.15, -0.1) is 6.58 Å². The molecule has 1 aromatic rings. The summed E-state index contributed by atoms with van der Waals surface area (Å²) in [5.41, 5.74) is 5.17. The van der Waals surface area contributed by atoms with Crippen molar-refractivity contribution in [3.63, 3.8) is 0 Å². The third kappa shape index (κ3) is 6.56. The molecule has 118 valence electrons. The Morgan fingerprint density at radius 2 is 1.82 bits per heavy atom. The molecule has 0 unspecified atom stereocenters. The molecule has 0 fully saturated rings. The van der Waals surface area contributed by atoms with Crippen LogP contribution in [0.3, 0.4) is 0 Å². The Kier molecular flexibility index (Phi) is 7.18. The minimum Gasteiger partial charge on any atom is -0.483 e. The van der Waals surface area contributed by atoms with Crippen LogP contribution in [-0.2, 0) is 20.8 Å². The van der Waals surface area contributed by atoms with Gasteiger partial charge in [-0.1, -0.05) is 24.3 Å². The Bertz CT molecular complexity index is 557. The van der Waals surface area contributed by atoms with Gasteiger partial charge in [-0.25, -0.2) is 0 Å². The summed E-state index contributed by atoms with van der Waals surface area (Å²) in [6, 6.07) is 7.24. The van der Waals surface area contributed by atoms with Gasteiger partial charge in [0.2, 0.25) is 5.91 Å². The van der Waals surface area contributed by atoms with Crippen molar-refractivity contribution in [1.82, 2.24) is 10.9 Å². The maximum absolute atomic E-state index is 11.5. The lowest BCUT2D eigenvalue weighted by atomic mass is 10.1. The van der Waals surface area contributed by atoms with Crippen LogP contribution in [0.1, 0.15) is 18.4 Å². The summed E-state index contributed by atoms with van der Waals surface area (Å²) in [5.74, 6) is -1.64. The smallest absolute Gasteiger partial charge is 0.303 e. The number of amides is 2. The van der Waals surface area contributed by atoms with Crippen LogP contribution in [0.4, 0.5) is 0 Å². The molecule has 0 spiro atoms. The second-order valence-corrected chi connectivity index (χ2v) is 4.38. The van der Waals surface area contributed by atoms with Crippen molar-refractivity contribution >= 4 is 17.8 Å². The predicted molar refractivity (Wildman–Crippen MR) is 79.0 cm³/mol. The average Bonchev–Trinajstić information content (AvgIpc) is 2.50. The van der Waals surface area contributed by atoms with E-state index >= 15 is 0 Å². The van der Waals surface area contributed by atoms with Gasteiger partial charge in [0.1, 0.15) is 5.75 Å². The van der Waals surface area contributed by atoms with Crippen LogP contribution in [-0.4, -0.2) is 29.5 Å². The quantitative estimate of drug-likeness (QED) is 0.487. The van der Waals surface area contributed by atoms with Gasteiger partial charge in [0.05, 0.1) is 6.42 Å². The van der Waals surface area contributed by atoms with E-state index < -0.39 is 17.8 Å². The van der Waals surface area contributed by atoms with Crippen LogP contribution in [0, 0.1) is 0 Å². The fourth-order valence-corrected chi connectivity index (χ4v) is 1.57. The molecule has 0 radical (unpaired) electrons. The van der Waals surface area contributed by atoms with E-state index in [1.165, 1.54) is 0 Å². The Balaban J connectivity index is 2.36. The molecule has 0 heterocycles. The lowest BCUT2D eigenvalue weighted by Crippen LogP contribution is -2.43. The van der Waals surface area contributed by atoms with Gasteiger partial charge in [-0.3, -0.25) is 25.2 Å². The van der Waals surface area contributed by atoms with Gasteiger partial charge in [-0.2, -0.15) is 0 Å². The van der Waals surface area contributed by atoms with Gasteiger partial charge < -0.3 is 9.84 Å². The van der Waals surface area contributed by atoms with Crippen LogP contribution in [0.15, 0.2) is 36.9 Å². The van der Waals surface area contributed by atoms with Crippen LogP contribution in [0.5, 0.6) is 5.75 Å². The summed E-state index contributed by atoms with van der Waals surface area (Å²) in [5, 5.41) is 8.43. The molecule has 0 aromatic heterocycles. The number of ether oxygens (including phenoxy) is 1. The fourth-order valence-electron chi connectivity index (χ4n) is 1.57. The van der Waals surface area contributed by atoms with Crippen molar-refractivity contribution in [2.24, 2.45) is 0 Å². The van der Waals surface area contributed by atoms with Gasteiger partial charge in [0, 0.05) is 6.42 Å². The van der Waals surface area contributed by atoms with E-state index in [-0.39, 0.29) is 19.4 Å². The van der Waals surface area contributed by atoms with Crippen molar-refractivity contribution in [1.29, 1.82) is 0 Å². The van der Waals surface area contributed by atoms with E-state index in [4.69, 9.17) is 9.84 Å². The third-order valence-corrected chi connectivity index (χ3v) is 2.60. The molecular formula is C15H18N2O5. The van der Waals surface area contributed by atoms with Gasteiger partial charge in [-0.05, 0) is 18.1 Å². The van der Waals surface area contributed by atoms with Crippen molar-refractivity contribution in [2.75, 3.05) is 6.61 Å². The highest BCUT2D eigenvalue weighted by Crippen LogP contribution is 2.18. The third-order valence-electron chi connectivity index (χ3n) is 2.60. The topological polar surface area (TPSA) is 105 Å². The van der Waals surface area contributed by atoms with E-state index in [9.17, 15) is 14.4 Å². The number of carboxylic acid groups (broad SMARTS) is 1. The van der Waals surface area contributed by atoms with E-state index in [2.05, 4.69) is 17.4 Å². The maximum atomic E-state index is 11.5. The number of hydrogen-bond donors (Lipinski definition) is 3. The molecule has 3 N–H and O–H groups in total. The highest BCUT2D eigenvalue weighted by Gasteiger charge is 2.08. The first kappa shape index (κ1) is 17.2. The fraction of sp³-hybridized carbons (Fsp3) is 0.267. The lowest BCUT2D eigenvalue weighted by Gasteiger charge is -2.11. The first-order valence-corrected chi connectivity index (χ1v) is 6.64. The molecule has 0 bridgehead atoms. The molecule has 2 amide bonds. The number of hydrazine groups is 1. The monoisotopic (exact) mass is 306 g/mol. The minimum absolute atomic E-state index is 0.210. The second kappa shape index (κ2) is 9.17.